The van der Waals surface area contributed by atoms with Gasteiger partial charge >= 0.3 is 7.12 Å². The van der Waals surface area contributed by atoms with Gasteiger partial charge in [-0.15, -0.1) is 0 Å². The molecule has 0 spiro atoms. The molecule has 2 heterocycles. The first-order chi connectivity index (χ1) is 12.1. The van der Waals surface area contributed by atoms with Crippen LogP contribution in [0.2, 0.25) is 0 Å². The number of likely N-dealkylation sites (N-methyl/N-ethyl adjacent to an activating group) is 1. The van der Waals surface area contributed by atoms with Crippen LogP contribution in [0.4, 0.5) is 5.69 Å². The maximum absolute atomic E-state index is 12.2. The summed E-state index contributed by atoms with van der Waals surface area (Å²) in [6.07, 6.45) is -0.431. The smallest absolute Gasteiger partial charge is 0.399 e. The van der Waals surface area contributed by atoms with Crippen molar-refractivity contribution < 1.29 is 18.8 Å². The highest BCUT2D eigenvalue weighted by Gasteiger charge is 2.51. The van der Waals surface area contributed by atoms with Crippen LogP contribution in [0, 0.1) is 0 Å². The minimum Gasteiger partial charge on any atom is -0.399 e. The lowest BCUT2D eigenvalue weighted by atomic mass is 9.79. The topological polar surface area (TPSA) is 51.2 Å². The molecule has 1 unspecified atom stereocenters. The zero-order chi connectivity index (χ0) is 19.1. The van der Waals surface area contributed by atoms with Crippen LogP contribution in [0.25, 0.3) is 0 Å². The fraction of sp³-hybridized carbons (Fsp3) is 0.632. The highest BCUT2D eigenvalue weighted by Crippen LogP contribution is 2.36. The molecule has 0 saturated carbocycles. The predicted octanol–water partition coefficient (Wildman–Crippen LogP) is 1.28. The number of anilines is 1. The maximum Gasteiger partial charge on any atom is 0.494 e. The molecule has 0 N–H and O–H groups in total. The fourth-order valence-corrected chi connectivity index (χ4v) is 3.17. The summed E-state index contributed by atoms with van der Waals surface area (Å²) in [6.45, 7) is 10.0. The monoisotopic (exact) mass is 360 g/mol. The number of benzene rings is 1. The molecule has 26 heavy (non-hydrogen) atoms. The van der Waals surface area contributed by atoms with Crippen molar-refractivity contribution in [2.75, 3.05) is 38.7 Å². The van der Waals surface area contributed by atoms with Crippen molar-refractivity contribution in [2.24, 2.45) is 0 Å². The number of morpholine rings is 1. The molecule has 7 heteroatoms. The number of nitrogens with zero attached hydrogens (tertiary/aromatic N) is 2. The van der Waals surface area contributed by atoms with Crippen LogP contribution in [0.1, 0.15) is 27.7 Å². The number of amides is 1. The largest absolute Gasteiger partial charge is 0.494 e. The zero-order valence-electron chi connectivity index (χ0n) is 16.6. The van der Waals surface area contributed by atoms with Crippen molar-refractivity contribution in [3.8, 4) is 0 Å². The second kappa shape index (κ2) is 6.87. The van der Waals surface area contributed by atoms with E-state index in [0.717, 1.165) is 17.7 Å². The Morgan fingerprint density at radius 1 is 1.19 bits per heavy atom. The van der Waals surface area contributed by atoms with Crippen LogP contribution in [-0.4, -0.2) is 69.0 Å². The first kappa shape index (κ1) is 19.2. The number of ether oxygens (including phenoxy) is 1. The quantitative estimate of drug-likeness (QED) is 0.761. The summed E-state index contributed by atoms with van der Waals surface area (Å²) in [6, 6.07) is 8.17. The standard InChI is InChI=1S/C19H29BN2O4/c1-18(2)19(3,4)26-20(25-18)14-8-7-9-15(12-14)22-10-11-24-16(13-22)17(23)21(5)6/h7-9,12,16H,10-11,13H2,1-6H3. The number of rotatable bonds is 3. The van der Waals surface area contributed by atoms with Gasteiger partial charge in [-0.2, -0.15) is 0 Å². The zero-order valence-corrected chi connectivity index (χ0v) is 16.6. The number of hydrogen-bond acceptors (Lipinski definition) is 5. The first-order valence-corrected chi connectivity index (χ1v) is 9.14. The van der Waals surface area contributed by atoms with Crippen LogP contribution in [0.5, 0.6) is 0 Å². The van der Waals surface area contributed by atoms with Gasteiger partial charge in [0.2, 0.25) is 0 Å². The average molecular weight is 360 g/mol. The summed E-state index contributed by atoms with van der Waals surface area (Å²) in [5.74, 6) is -0.00295. The summed E-state index contributed by atoms with van der Waals surface area (Å²) < 4.78 is 18.0. The molecule has 0 radical (unpaired) electrons. The van der Waals surface area contributed by atoms with Crippen molar-refractivity contribution in [1.29, 1.82) is 0 Å². The average Bonchev–Trinajstić information content (AvgIpc) is 2.82. The Balaban J connectivity index is 1.77. The Hall–Kier alpha value is -1.57. The summed E-state index contributed by atoms with van der Waals surface area (Å²) in [7, 11) is 3.12. The number of carbonyl (C=O) groups is 1. The third-order valence-corrected chi connectivity index (χ3v) is 5.54. The molecule has 2 aliphatic heterocycles. The van der Waals surface area contributed by atoms with Gasteiger partial charge < -0.3 is 23.8 Å². The molecule has 2 fully saturated rings. The first-order valence-electron chi connectivity index (χ1n) is 9.14. The summed E-state index contributed by atoms with van der Waals surface area (Å²) >= 11 is 0. The SMILES string of the molecule is CN(C)C(=O)C1CN(c2cccc(B3OC(C)(C)C(C)(C)O3)c2)CCO1. The van der Waals surface area contributed by atoms with E-state index in [1.54, 1.807) is 19.0 Å². The van der Waals surface area contributed by atoms with Crippen LogP contribution < -0.4 is 10.4 Å². The summed E-state index contributed by atoms with van der Waals surface area (Å²) in [5, 5.41) is 0. The van der Waals surface area contributed by atoms with Crippen molar-refractivity contribution >= 4 is 24.2 Å². The maximum atomic E-state index is 12.2. The Bertz CT molecular complexity index is 661. The van der Waals surface area contributed by atoms with Gasteiger partial charge in [0.05, 0.1) is 24.4 Å². The number of hydrogen-bond donors (Lipinski definition) is 0. The Labute approximate surface area is 156 Å². The van der Waals surface area contributed by atoms with E-state index in [2.05, 4.69) is 44.7 Å². The van der Waals surface area contributed by atoms with E-state index >= 15 is 0 Å². The van der Waals surface area contributed by atoms with Crippen LogP contribution in [0.3, 0.4) is 0 Å². The van der Waals surface area contributed by atoms with E-state index in [0.29, 0.717) is 13.2 Å². The van der Waals surface area contributed by atoms with Crippen LogP contribution in [0.15, 0.2) is 24.3 Å². The van der Waals surface area contributed by atoms with Gasteiger partial charge in [0.25, 0.3) is 5.91 Å². The molecule has 2 saturated heterocycles. The van der Waals surface area contributed by atoms with E-state index < -0.39 is 6.10 Å². The molecule has 0 bridgehead atoms. The predicted molar refractivity (Wildman–Crippen MR) is 103 cm³/mol. The minimum absolute atomic E-state index is 0.00295. The Morgan fingerprint density at radius 2 is 1.85 bits per heavy atom. The third-order valence-electron chi connectivity index (χ3n) is 5.54. The molecule has 1 amide bonds. The van der Waals surface area contributed by atoms with Gasteiger partial charge in [-0.05, 0) is 45.3 Å². The Morgan fingerprint density at radius 3 is 2.46 bits per heavy atom. The van der Waals surface area contributed by atoms with E-state index in [9.17, 15) is 4.79 Å². The van der Waals surface area contributed by atoms with E-state index in [4.69, 9.17) is 14.0 Å². The van der Waals surface area contributed by atoms with Gasteiger partial charge in [-0.1, -0.05) is 12.1 Å². The van der Waals surface area contributed by atoms with Gasteiger partial charge in [0.1, 0.15) is 0 Å². The molecule has 1 aromatic carbocycles. The molecule has 6 nitrogen and oxygen atoms in total. The Kier molecular flexibility index (Phi) is 5.07. The molecule has 0 aromatic heterocycles. The minimum atomic E-state index is -0.431. The second-order valence-electron chi connectivity index (χ2n) is 8.22. The van der Waals surface area contributed by atoms with Gasteiger partial charge in [-0.3, -0.25) is 4.79 Å². The van der Waals surface area contributed by atoms with Gasteiger partial charge in [0.15, 0.2) is 6.10 Å². The van der Waals surface area contributed by atoms with E-state index in [-0.39, 0.29) is 24.2 Å². The third kappa shape index (κ3) is 3.61. The van der Waals surface area contributed by atoms with Crippen molar-refractivity contribution in [3.05, 3.63) is 24.3 Å². The summed E-state index contributed by atoms with van der Waals surface area (Å²) in [5.41, 5.74) is 1.31. The molecule has 1 aromatic rings. The van der Waals surface area contributed by atoms with Crippen molar-refractivity contribution in [1.82, 2.24) is 4.90 Å². The highest BCUT2D eigenvalue weighted by molar-refractivity contribution is 6.62. The van der Waals surface area contributed by atoms with Crippen molar-refractivity contribution in [3.63, 3.8) is 0 Å². The molecule has 1 atom stereocenters. The molecular formula is C19H29BN2O4. The van der Waals surface area contributed by atoms with E-state index in [1.165, 1.54) is 0 Å². The second-order valence-corrected chi connectivity index (χ2v) is 8.22. The lowest BCUT2D eigenvalue weighted by Crippen LogP contribution is -2.49. The van der Waals surface area contributed by atoms with Gasteiger partial charge in [-0.25, -0.2) is 0 Å². The molecule has 3 rings (SSSR count). The lowest BCUT2D eigenvalue weighted by Gasteiger charge is -2.35. The highest BCUT2D eigenvalue weighted by atomic mass is 16.7. The number of carbonyl (C=O) groups excluding carboxylic acids is 1. The van der Waals surface area contributed by atoms with Crippen LogP contribution >= 0.6 is 0 Å². The molecule has 2 aliphatic rings. The normalized spacial score (nSPS) is 24.6. The lowest BCUT2D eigenvalue weighted by molar-refractivity contribution is -0.141. The summed E-state index contributed by atoms with van der Waals surface area (Å²) in [4.78, 5) is 16.0. The molecule has 142 valence electrons. The van der Waals surface area contributed by atoms with E-state index in [1.807, 2.05) is 12.1 Å². The van der Waals surface area contributed by atoms with Crippen LogP contribution in [-0.2, 0) is 18.8 Å². The molecule has 0 aliphatic carbocycles. The van der Waals surface area contributed by atoms with Crippen molar-refractivity contribution in [2.45, 2.75) is 45.0 Å². The fourth-order valence-electron chi connectivity index (χ4n) is 3.17. The van der Waals surface area contributed by atoms with Gasteiger partial charge in [0, 0.05) is 26.3 Å². The molecular weight excluding hydrogens is 331 g/mol.